The van der Waals surface area contributed by atoms with Gasteiger partial charge in [0.1, 0.15) is 0 Å². The van der Waals surface area contributed by atoms with Crippen LogP contribution in [0.5, 0.6) is 0 Å². The summed E-state index contributed by atoms with van der Waals surface area (Å²) in [7, 11) is 0. The highest BCUT2D eigenvalue weighted by molar-refractivity contribution is 7.09. The Labute approximate surface area is 107 Å². The van der Waals surface area contributed by atoms with E-state index in [0.717, 1.165) is 36.4 Å². The summed E-state index contributed by atoms with van der Waals surface area (Å²) >= 11 is 1.65. The molecule has 1 aromatic heterocycles. The Bertz CT molecular complexity index is 338. The third-order valence-electron chi connectivity index (χ3n) is 2.44. The molecule has 1 aromatic rings. The molecule has 17 heavy (non-hydrogen) atoms. The van der Waals surface area contributed by atoms with Gasteiger partial charge in [-0.2, -0.15) is 0 Å². The Morgan fingerprint density at radius 3 is 2.94 bits per heavy atom. The van der Waals surface area contributed by atoms with Gasteiger partial charge >= 0.3 is 0 Å². The molecule has 0 saturated carbocycles. The molecule has 0 atom stereocenters. The van der Waals surface area contributed by atoms with Gasteiger partial charge in [0.25, 0.3) is 0 Å². The Balaban J connectivity index is 2.04. The minimum absolute atomic E-state index is 0.135. The lowest BCUT2D eigenvalue weighted by Crippen LogP contribution is -2.25. The van der Waals surface area contributed by atoms with Crippen molar-refractivity contribution >= 4 is 17.2 Å². The Morgan fingerprint density at radius 1 is 1.47 bits per heavy atom. The van der Waals surface area contributed by atoms with E-state index >= 15 is 0 Å². The van der Waals surface area contributed by atoms with Crippen LogP contribution in [0.1, 0.15) is 36.4 Å². The summed E-state index contributed by atoms with van der Waals surface area (Å²) in [5.41, 5.74) is 6.44. The second kappa shape index (κ2) is 8.20. The van der Waals surface area contributed by atoms with Gasteiger partial charge in [-0.3, -0.25) is 4.79 Å². The Morgan fingerprint density at radius 2 is 2.29 bits per heavy atom. The monoisotopic (exact) mass is 255 g/mol. The van der Waals surface area contributed by atoms with E-state index in [0.29, 0.717) is 19.5 Å². The number of nitrogens with zero attached hydrogens (tertiary/aromatic N) is 1. The molecule has 0 saturated heterocycles. The van der Waals surface area contributed by atoms with Crippen molar-refractivity contribution in [3.63, 3.8) is 0 Å². The summed E-state index contributed by atoms with van der Waals surface area (Å²) in [5.74, 6) is 0.135. The summed E-state index contributed by atoms with van der Waals surface area (Å²) in [6.45, 7) is 3.38. The minimum Gasteiger partial charge on any atom is -0.356 e. The standard InChI is InChI=1S/C12H21N3OS/c1-10-9-17-12(15-10)6-8-14-11(16)5-3-2-4-7-13/h9H,2-8,13H2,1H3,(H,14,16). The maximum atomic E-state index is 11.4. The number of amides is 1. The van der Waals surface area contributed by atoms with Crippen LogP contribution in [0.4, 0.5) is 0 Å². The predicted octanol–water partition coefficient (Wildman–Crippen LogP) is 1.63. The normalized spacial score (nSPS) is 10.5. The zero-order valence-electron chi connectivity index (χ0n) is 10.4. The molecule has 0 fully saturated rings. The van der Waals surface area contributed by atoms with Gasteiger partial charge in [-0.1, -0.05) is 6.42 Å². The van der Waals surface area contributed by atoms with Crippen LogP contribution in [-0.2, 0) is 11.2 Å². The van der Waals surface area contributed by atoms with Crippen LogP contribution in [0.15, 0.2) is 5.38 Å². The van der Waals surface area contributed by atoms with Crippen molar-refractivity contribution < 1.29 is 4.79 Å². The fourth-order valence-corrected chi connectivity index (χ4v) is 2.30. The highest BCUT2D eigenvalue weighted by Gasteiger charge is 2.02. The Kier molecular flexibility index (Phi) is 6.81. The van der Waals surface area contributed by atoms with E-state index in [9.17, 15) is 4.79 Å². The summed E-state index contributed by atoms with van der Waals surface area (Å²) in [6.07, 6.45) is 4.41. The smallest absolute Gasteiger partial charge is 0.220 e. The first kappa shape index (κ1) is 14.1. The van der Waals surface area contributed by atoms with E-state index in [4.69, 9.17) is 5.73 Å². The predicted molar refractivity (Wildman–Crippen MR) is 71.1 cm³/mol. The third-order valence-corrected chi connectivity index (χ3v) is 3.46. The van der Waals surface area contributed by atoms with Crippen molar-refractivity contribution in [2.45, 2.75) is 39.0 Å². The first-order valence-corrected chi connectivity index (χ1v) is 6.98. The minimum atomic E-state index is 0.135. The lowest BCUT2D eigenvalue weighted by atomic mass is 10.2. The number of hydrogen-bond donors (Lipinski definition) is 2. The van der Waals surface area contributed by atoms with Crippen molar-refractivity contribution in [1.82, 2.24) is 10.3 Å². The second-order valence-corrected chi connectivity index (χ2v) is 5.02. The van der Waals surface area contributed by atoms with Crippen molar-refractivity contribution in [2.24, 2.45) is 5.73 Å². The number of nitrogens with one attached hydrogen (secondary N) is 1. The topological polar surface area (TPSA) is 68.0 Å². The highest BCUT2D eigenvalue weighted by Crippen LogP contribution is 2.08. The van der Waals surface area contributed by atoms with Crippen LogP contribution in [0.3, 0.4) is 0 Å². The quantitative estimate of drug-likeness (QED) is 0.694. The van der Waals surface area contributed by atoms with Crippen LogP contribution in [0.25, 0.3) is 0 Å². The van der Waals surface area contributed by atoms with E-state index < -0.39 is 0 Å². The van der Waals surface area contributed by atoms with E-state index in [2.05, 4.69) is 10.3 Å². The number of unbranched alkanes of at least 4 members (excludes halogenated alkanes) is 2. The summed E-state index contributed by atoms with van der Waals surface area (Å²) in [6, 6.07) is 0. The van der Waals surface area contributed by atoms with Crippen LogP contribution in [0.2, 0.25) is 0 Å². The number of thiazole rings is 1. The van der Waals surface area contributed by atoms with E-state index in [1.807, 2.05) is 12.3 Å². The SMILES string of the molecule is Cc1csc(CCNC(=O)CCCCCN)n1. The Hall–Kier alpha value is -0.940. The first-order chi connectivity index (χ1) is 8.22. The number of carbonyl (C=O) groups is 1. The molecule has 4 nitrogen and oxygen atoms in total. The number of nitrogens with two attached hydrogens (primary N) is 1. The molecule has 5 heteroatoms. The molecule has 0 aromatic carbocycles. The summed E-state index contributed by atoms with van der Waals surface area (Å²) < 4.78 is 0. The average Bonchev–Trinajstić information content (AvgIpc) is 2.71. The lowest BCUT2D eigenvalue weighted by molar-refractivity contribution is -0.121. The van der Waals surface area contributed by atoms with Gasteiger partial charge in [-0.05, 0) is 26.3 Å². The van der Waals surface area contributed by atoms with Gasteiger partial charge in [0.2, 0.25) is 5.91 Å². The summed E-state index contributed by atoms with van der Waals surface area (Å²) in [5, 5.41) is 6.03. The van der Waals surface area contributed by atoms with Crippen molar-refractivity contribution in [1.29, 1.82) is 0 Å². The zero-order chi connectivity index (χ0) is 12.5. The second-order valence-electron chi connectivity index (χ2n) is 4.08. The molecule has 0 aliphatic carbocycles. The van der Waals surface area contributed by atoms with Crippen LogP contribution < -0.4 is 11.1 Å². The van der Waals surface area contributed by atoms with Gasteiger partial charge in [-0.15, -0.1) is 11.3 Å². The number of aromatic nitrogens is 1. The molecule has 0 spiro atoms. The molecule has 0 aliphatic rings. The molecule has 1 amide bonds. The van der Waals surface area contributed by atoms with Crippen LogP contribution >= 0.6 is 11.3 Å². The third kappa shape index (κ3) is 6.38. The number of aryl methyl sites for hydroxylation is 1. The summed E-state index contributed by atoms with van der Waals surface area (Å²) in [4.78, 5) is 15.8. The largest absolute Gasteiger partial charge is 0.356 e. The van der Waals surface area contributed by atoms with Gasteiger partial charge in [0, 0.05) is 30.5 Å². The van der Waals surface area contributed by atoms with Crippen LogP contribution in [0, 0.1) is 6.92 Å². The van der Waals surface area contributed by atoms with E-state index in [-0.39, 0.29) is 5.91 Å². The first-order valence-electron chi connectivity index (χ1n) is 6.10. The van der Waals surface area contributed by atoms with Crippen LogP contribution in [-0.4, -0.2) is 24.0 Å². The lowest BCUT2D eigenvalue weighted by Gasteiger charge is -2.03. The zero-order valence-corrected chi connectivity index (χ0v) is 11.2. The molecule has 1 rings (SSSR count). The molecule has 0 unspecified atom stereocenters. The average molecular weight is 255 g/mol. The molecule has 0 bridgehead atoms. The van der Waals surface area contributed by atoms with Gasteiger partial charge in [0.05, 0.1) is 5.01 Å². The van der Waals surface area contributed by atoms with Gasteiger partial charge < -0.3 is 11.1 Å². The molecule has 96 valence electrons. The van der Waals surface area contributed by atoms with E-state index in [1.54, 1.807) is 11.3 Å². The number of hydrogen-bond acceptors (Lipinski definition) is 4. The molecular weight excluding hydrogens is 234 g/mol. The molecular formula is C12H21N3OS. The maximum Gasteiger partial charge on any atom is 0.220 e. The molecule has 0 radical (unpaired) electrons. The van der Waals surface area contributed by atoms with Gasteiger partial charge in [-0.25, -0.2) is 4.98 Å². The fraction of sp³-hybridized carbons (Fsp3) is 0.667. The van der Waals surface area contributed by atoms with Crippen molar-refractivity contribution in [3.8, 4) is 0 Å². The van der Waals surface area contributed by atoms with Crippen molar-refractivity contribution in [2.75, 3.05) is 13.1 Å². The molecule has 3 N–H and O–H groups in total. The maximum absolute atomic E-state index is 11.4. The van der Waals surface area contributed by atoms with Crippen molar-refractivity contribution in [3.05, 3.63) is 16.1 Å². The molecule has 1 heterocycles. The number of rotatable bonds is 8. The number of carbonyl (C=O) groups excluding carboxylic acids is 1. The fourth-order valence-electron chi connectivity index (χ4n) is 1.52. The van der Waals surface area contributed by atoms with Gasteiger partial charge in [0.15, 0.2) is 0 Å². The highest BCUT2D eigenvalue weighted by atomic mass is 32.1. The van der Waals surface area contributed by atoms with E-state index in [1.165, 1.54) is 0 Å². The molecule has 0 aliphatic heterocycles.